The molecule has 24 heavy (non-hydrogen) atoms. The molecular formula is C21H16N2O. The van der Waals surface area contributed by atoms with Crippen molar-refractivity contribution < 1.29 is 9.79 Å². The largest absolute Gasteiger partial charge is 0.853 e. The van der Waals surface area contributed by atoms with Crippen molar-refractivity contribution in [2.24, 2.45) is 5.10 Å². The Balaban J connectivity index is 1.92. The first-order valence-corrected chi connectivity index (χ1v) is 7.92. The molecule has 3 nitrogen and oxygen atoms in total. The van der Waals surface area contributed by atoms with Crippen molar-refractivity contribution in [1.82, 2.24) is 0 Å². The SMILES string of the molecule is [O-]C1=N[N+](=C(c2ccccc2)c2ccccc2)C1c1ccccc1. The van der Waals surface area contributed by atoms with Gasteiger partial charge < -0.3 is 5.11 Å². The Labute approximate surface area is 140 Å². The third-order valence-electron chi connectivity index (χ3n) is 4.12. The highest BCUT2D eigenvalue weighted by atomic mass is 16.3. The smallest absolute Gasteiger partial charge is 0.247 e. The molecule has 4 rings (SSSR count). The summed E-state index contributed by atoms with van der Waals surface area (Å²) in [6, 6.07) is 29.6. The van der Waals surface area contributed by atoms with Gasteiger partial charge in [0.05, 0.1) is 0 Å². The maximum atomic E-state index is 12.2. The predicted octanol–water partition coefficient (Wildman–Crippen LogP) is 2.97. The van der Waals surface area contributed by atoms with Crippen LogP contribution in [0.25, 0.3) is 0 Å². The number of hydrogen-bond donors (Lipinski definition) is 0. The molecule has 3 heteroatoms. The van der Waals surface area contributed by atoms with Crippen molar-refractivity contribution in [2.75, 3.05) is 0 Å². The Hall–Kier alpha value is -3.20. The van der Waals surface area contributed by atoms with Crippen LogP contribution in [-0.4, -0.2) is 16.3 Å². The summed E-state index contributed by atoms with van der Waals surface area (Å²) in [5.74, 6) is -0.106. The minimum Gasteiger partial charge on any atom is -0.853 e. The lowest BCUT2D eigenvalue weighted by atomic mass is 9.99. The van der Waals surface area contributed by atoms with Gasteiger partial charge in [-0.05, 0) is 29.4 Å². The zero-order valence-electron chi connectivity index (χ0n) is 13.0. The first-order valence-electron chi connectivity index (χ1n) is 7.92. The van der Waals surface area contributed by atoms with Crippen LogP contribution in [0.2, 0.25) is 0 Å². The van der Waals surface area contributed by atoms with Gasteiger partial charge in [-0.3, -0.25) is 0 Å². The van der Waals surface area contributed by atoms with Gasteiger partial charge in [-0.25, -0.2) is 0 Å². The van der Waals surface area contributed by atoms with Crippen LogP contribution in [0.15, 0.2) is 96.1 Å². The standard InChI is InChI=1S/C21H16N2O/c24-21-20(18-14-8-3-9-15-18)23(22-21)19(16-10-4-1-5-11-16)17-12-6-2-7-13-17/h1-15,20H. The van der Waals surface area contributed by atoms with Crippen molar-refractivity contribution in [3.05, 3.63) is 108 Å². The van der Waals surface area contributed by atoms with Crippen LogP contribution in [0, 0.1) is 0 Å². The maximum Gasteiger partial charge on any atom is 0.247 e. The molecule has 0 saturated carbocycles. The molecule has 0 aliphatic carbocycles. The highest BCUT2D eigenvalue weighted by Crippen LogP contribution is 2.27. The van der Waals surface area contributed by atoms with Crippen LogP contribution in [0.1, 0.15) is 22.7 Å². The van der Waals surface area contributed by atoms with Crippen molar-refractivity contribution in [1.29, 1.82) is 0 Å². The van der Waals surface area contributed by atoms with Gasteiger partial charge in [-0.1, -0.05) is 71.4 Å². The summed E-state index contributed by atoms with van der Waals surface area (Å²) in [5.41, 5.74) is 3.99. The molecule has 0 fully saturated rings. The van der Waals surface area contributed by atoms with Crippen LogP contribution in [0.5, 0.6) is 0 Å². The van der Waals surface area contributed by atoms with Crippen LogP contribution >= 0.6 is 0 Å². The molecule has 0 aromatic heterocycles. The highest BCUT2D eigenvalue weighted by molar-refractivity contribution is 6.10. The highest BCUT2D eigenvalue weighted by Gasteiger charge is 2.38. The van der Waals surface area contributed by atoms with Gasteiger partial charge in [0.1, 0.15) is 5.90 Å². The fourth-order valence-corrected chi connectivity index (χ4v) is 2.99. The van der Waals surface area contributed by atoms with Crippen molar-refractivity contribution in [3.63, 3.8) is 0 Å². The van der Waals surface area contributed by atoms with E-state index in [1.54, 1.807) is 0 Å². The molecule has 116 valence electrons. The Bertz CT molecular complexity index is 859. The van der Waals surface area contributed by atoms with Crippen molar-refractivity contribution >= 4 is 11.6 Å². The normalized spacial score (nSPS) is 16.2. The van der Waals surface area contributed by atoms with E-state index in [1.807, 2.05) is 95.7 Å². The molecule has 0 spiro atoms. The summed E-state index contributed by atoms with van der Waals surface area (Å²) in [6.45, 7) is 0. The third kappa shape index (κ3) is 2.50. The van der Waals surface area contributed by atoms with E-state index in [0.29, 0.717) is 0 Å². The minimum atomic E-state index is -0.360. The summed E-state index contributed by atoms with van der Waals surface area (Å²) < 4.78 is 1.84. The number of nitrogens with zero attached hydrogens (tertiary/aromatic N) is 2. The molecule has 0 saturated heterocycles. The topological polar surface area (TPSA) is 38.4 Å². The van der Waals surface area contributed by atoms with E-state index in [2.05, 4.69) is 5.10 Å². The molecule has 0 N–H and O–H groups in total. The van der Waals surface area contributed by atoms with E-state index in [4.69, 9.17) is 0 Å². The van der Waals surface area contributed by atoms with Crippen LogP contribution < -0.4 is 5.11 Å². The zero-order chi connectivity index (χ0) is 16.4. The number of hydrogen-bond acceptors (Lipinski definition) is 2. The van der Waals surface area contributed by atoms with Crippen molar-refractivity contribution in [2.45, 2.75) is 6.04 Å². The monoisotopic (exact) mass is 312 g/mol. The summed E-state index contributed by atoms with van der Waals surface area (Å²) in [6.07, 6.45) is 0. The van der Waals surface area contributed by atoms with E-state index in [0.717, 1.165) is 22.4 Å². The molecule has 3 aromatic carbocycles. The Morgan fingerprint density at radius 2 is 1.17 bits per heavy atom. The summed E-state index contributed by atoms with van der Waals surface area (Å²) >= 11 is 0. The fourth-order valence-electron chi connectivity index (χ4n) is 2.99. The summed E-state index contributed by atoms with van der Waals surface area (Å²) in [5, 5.41) is 16.4. The second-order valence-electron chi connectivity index (χ2n) is 5.68. The van der Waals surface area contributed by atoms with Gasteiger partial charge in [0, 0.05) is 16.7 Å². The lowest BCUT2D eigenvalue weighted by molar-refractivity contribution is -0.605. The average Bonchev–Trinajstić information content (AvgIpc) is 2.64. The van der Waals surface area contributed by atoms with Gasteiger partial charge in [0.25, 0.3) is 0 Å². The molecule has 1 atom stereocenters. The Morgan fingerprint density at radius 3 is 1.62 bits per heavy atom. The Morgan fingerprint density at radius 1 is 0.708 bits per heavy atom. The fraction of sp³-hybridized carbons (Fsp3) is 0.0476. The predicted molar refractivity (Wildman–Crippen MR) is 93.0 cm³/mol. The van der Waals surface area contributed by atoms with Gasteiger partial charge >= 0.3 is 0 Å². The molecule has 1 heterocycles. The lowest BCUT2D eigenvalue weighted by Gasteiger charge is -2.26. The number of hydrazone groups is 1. The van der Waals surface area contributed by atoms with Gasteiger partial charge in [-0.15, -0.1) is 0 Å². The molecule has 1 unspecified atom stereocenters. The van der Waals surface area contributed by atoms with Crippen LogP contribution in [-0.2, 0) is 0 Å². The first-order chi connectivity index (χ1) is 11.8. The number of benzene rings is 3. The average molecular weight is 312 g/mol. The third-order valence-corrected chi connectivity index (χ3v) is 4.12. The van der Waals surface area contributed by atoms with Gasteiger partial charge in [-0.2, -0.15) is 0 Å². The molecule has 3 aromatic rings. The second-order valence-corrected chi connectivity index (χ2v) is 5.68. The van der Waals surface area contributed by atoms with E-state index in [-0.39, 0.29) is 11.9 Å². The molecular weight excluding hydrogens is 296 g/mol. The van der Waals surface area contributed by atoms with Crippen LogP contribution in [0.3, 0.4) is 0 Å². The first kappa shape index (κ1) is 14.4. The maximum absolute atomic E-state index is 12.2. The van der Waals surface area contributed by atoms with E-state index in [1.165, 1.54) is 0 Å². The van der Waals surface area contributed by atoms with E-state index < -0.39 is 0 Å². The Kier molecular flexibility index (Phi) is 3.67. The molecule has 0 amide bonds. The van der Waals surface area contributed by atoms with Crippen LogP contribution in [0.4, 0.5) is 0 Å². The van der Waals surface area contributed by atoms with Crippen molar-refractivity contribution in [3.8, 4) is 0 Å². The lowest BCUT2D eigenvalue weighted by Crippen LogP contribution is -2.44. The van der Waals surface area contributed by atoms with E-state index in [9.17, 15) is 5.11 Å². The summed E-state index contributed by atoms with van der Waals surface area (Å²) in [4.78, 5) is 0. The molecule has 0 bridgehead atoms. The molecule has 0 radical (unpaired) electrons. The molecule has 1 aliphatic rings. The van der Waals surface area contributed by atoms with Gasteiger partial charge in [0.2, 0.25) is 11.8 Å². The van der Waals surface area contributed by atoms with Gasteiger partial charge in [0.15, 0.2) is 0 Å². The quantitative estimate of drug-likeness (QED) is 0.685. The summed E-state index contributed by atoms with van der Waals surface area (Å²) in [7, 11) is 0. The molecule has 1 aliphatic heterocycles. The minimum absolute atomic E-state index is 0.106. The second kappa shape index (κ2) is 6.13. The van der Waals surface area contributed by atoms with E-state index >= 15 is 0 Å². The zero-order valence-corrected chi connectivity index (χ0v) is 13.0. The number of rotatable bonds is 3.